The van der Waals surface area contributed by atoms with Gasteiger partial charge < -0.3 is 0 Å². The second-order valence-electron chi connectivity index (χ2n) is 4.11. The topological polar surface area (TPSA) is 46.2 Å². The summed E-state index contributed by atoms with van der Waals surface area (Å²) in [5.41, 5.74) is -0.330. The van der Waals surface area contributed by atoms with Gasteiger partial charge in [-0.25, -0.2) is 17.2 Å². The van der Waals surface area contributed by atoms with Gasteiger partial charge in [0.2, 0.25) is 0 Å². The van der Waals surface area contributed by atoms with Crippen LogP contribution >= 0.6 is 11.6 Å². The van der Waals surface area contributed by atoms with E-state index < -0.39 is 27.3 Å². The first-order valence-electron chi connectivity index (χ1n) is 5.54. The van der Waals surface area contributed by atoms with Crippen LogP contribution in [0, 0.1) is 18.6 Å². The van der Waals surface area contributed by atoms with E-state index >= 15 is 0 Å². The quantitative estimate of drug-likeness (QED) is 0.937. The monoisotopic (exact) mass is 317 g/mol. The van der Waals surface area contributed by atoms with Crippen molar-refractivity contribution in [3.63, 3.8) is 0 Å². The summed E-state index contributed by atoms with van der Waals surface area (Å²) in [6.07, 6.45) is 0. The van der Waals surface area contributed by atoms with Crippen molar-refractivity contribution in [1.82, 2.24) is 0 Å². The van der Waals surface area contributed by atoms with Crippen LogP contribution in [0.1, 0.15) is 5.56 Å². The Bertz CT molecular complexity index is 743. The van der Waals surface area contributed by atoms with E-state index in [2.05, 4.69) is 0 Å². The maximum Gasteiger partial charge on any atom is 0.262 e. The van der Waals surface area contributed by atoms with Crippen LogP contribution < -0.4 is 4.72 Å². The molecule has 0 aromatic heterocycles. The number of sulfonamides is 1. The van der Waals surface area contributed by atoms with Crippen molar-refractivity contribution in [1.29, 1.82) is 0 Å². The summed E-state index contributed by atoms with van der Waals surface area (Å²) in [5, 5.41) is 0.374. The zero-order valence-electron chi connectivity index (χ0n) is 10.3. The van der Waals surface area contributed by atoms with Crippen LogP contribution in [-0.2, 0) is 10.0 Å². The van der Waals surface area contributed by atoms with E-state index in [-0.39, 0.29) is 4.90 Å². The number of para-hydroxylation sites is 1. The lowest BCUT2D eigenvalue weighted by Gasteiger charge is -2.11. The Morgan fingerprint density at radius 2 is 1.70 bits per heavy atom. The van der Waals surface area contributed by atoms with E-state index in [0.29, 0.717) is 10.6 Å². The van der Waals surface area contributed by atoms with E-state index in [1.165, 1.54) is 25.1 Å². The van der Waals surface area contributed by atoms with Gasteiger partial charge in [0.25, 0.3) is 10.0 Å². The molecule has 0 bridgehead atoms. The lowest BCUT2D eigenvalue weighted by Crippen LogP contribution is -2.16. The molecule has 0 radical (unpaired) electrons. The molecule has 0 heterocycles. The van der Waals surface area contributed by atoms with Crippen LogP contribution in [0.15, 0.2) is 41.3 Å². The molecule has 0 saturated heterocycles. The summed E-state index contributed by atoms with van der Waals surface area (Å²) in [5.74, 6) is -1.97. The second kappa shape index (κ2) is 5.38. The Hall–Kier alpha value is -1.66. The Morgan fingerprint density at radius 3 is 2.25 bits per heavy atom. The van der Waals surface area contributed by atoms with Gasteiger partial charge in [0.05, 0.1) is 4.90 Å². The lowest BCUT2D eigenvalue weighted by molar-refractivity contribution is 0.582. The Morgan fingerprint density at radius 1 is 1.10 bits per heavy atom. The molecule has 1 N–H and O–H groups in total. The smallest absolute Gasteiger partial charge is 0.262 e. The van der Waals surface area contributed by atoms with E-state index in [1.807, 2.05) is 4.72 Å². The highest BCUT2D eigenvalue weighted by molar-refractivity contribution is 7.92. The van der Waals surface area contributed by atoms with Gasteiger partial charge in [-0.2, -0.15) is 0 Å². The van der Waals surface area contributed by atoms with Crippen molar-refractivity contribution in [2.75, 3.05) is 4.72 Å². The van der Waals surface area contributed by atoms with Gasteiger partial charge in [0.15, 0.2) is 0 Å². The molecule has 7 heteroatoms. The molecule has 3 nitrogen and oxygen atoms in total. The number of anilines is 1. The summed E-state index contributed by atoms with van der Waals surface area (Å²) in [6, 6.07) is 7.20. The Balaban J connectivity index is 2.46. The minimum absolute atomic E-state index is 0.0930. The molecule has 2 rings (SSSR count). The van der Waals surface area contributed by atoms with E-state index in [0.717, 1.165) is 18.2 Å². The fraction of sp³-hybridized carbons (Fsp3) is 0.0769. The summed E-state index contributed by atoms with van der Waals surface area (Å²) in [7, 11) is -4.09. The highest BCUT2D eigenvalue weighted by Gasteiger charge is 2.20. The fourth-order valence-corrected chi connectivity index (χ4v) is 3.23. The number of nitrogens with one attached hydrogen (secondary N) is 1. The van der Waals surface area contributed by atoms with Gasteiger partial charge in [-0.15, -0.1) is 0 Å². The lowest BCUT2D eigenvalue weighted by atomic mass is 10.2. The molecule has 106 valence electrons. The molecule has 0 spiro atoms. The van der Waals surface area contributed by atoms with Gasteiger partial charge in [0.1, 0.15) is 17.3 Å². The molecule has 0 fully saturated rings. The maximum absolute atomic E-state index is 13.5. The molecular weight excluding hydrogens is 308 g/mol. The van der Waals surface area contributed by atoms with Crippen LogP contribution in [0.5, 0.6) is 0 Å². The summed E-state index contributed by atoms with van der Waals surface area (Å²) in [4.78, 5) is -0.0930. The highest BCUT2D eigenvalue weighted by Crippen LogP contribution is 2.25. The minimum Gasteiger partial charge on any atom is -0.274 e. The van der Waals surface area contributed by atoms with E-state index in [1.54, 1.807) is 0 Å². The van der Waals surface area contributed by atoms with Crippen molar-refractivity contribution in [3.05, 3.63) is 58.6 Å². The first-order valence-corrected chi connectivity index (χ1v) is 7.40. The summed E-state index contributed by atoms with van der Waals surface area (Å²) in [6.45, 7) is 1.54. The molecule has 0 aliphatic carbocycles. The molecule has 0 atom stereocenters. The highest BCUT2D eigenvalue weighted by atomic mass is 35.5. The molecule has 20 heavy (non-hydrogen) atoms. The first kappa shape index (κ1) is 14.7. The fourth-order valence-electron chi connectivity index (χ4n) is 1.70. The molecule has 0 saturated carbocycles. The number of hydrogen-bond donors (Lipinski definition) is 1. The standard InChI is InChI=1S/C13H10ClF2NO2S/c1-8-7-9(14)5-6-12(8)20(18,19)17-13-10(15)3-2-4-11(13)16/h2-7,17H,1H3. The molecule has 0 amide bonds. The number of hydrogen-bond acceptors (Lipinski definition) is 2. The van der Waals surface area contributed by atoms with Crippen LogP contribution in [0.4, 0.5) is 14.5 Å². The molecule has 0 aliphatic heterocycles. The van der Waals surface area contributed by atoms with Crippen LogP contribution in [-0.4, -0.2) is 8.42 Å². The molecule has 2 aromatic rings. The van der Waals surface area contributed by atoms with Crippen LogP contribution in [0.2, 0.25) is 5.02 Å². The third kappa shape index (κ3) is 2.91. The SMILES string of the molecule is Cc1cc(Cl)ccc1S(=O)(=O)Nc1c(F)cccc1F. The van der Waals surface area contributed by atoms with Gasteiger partial charge in [-0.05, 0) is 42.8 Å². The van der Waals surface area contributed by atoms with E-state index in [9.17, 15) is 17.2 Å². The van der Waals surface area contributed by atoms with Gasteiger partial charge in [-0.1, -0.05) is 17.7 Å². The van der Waals surface area contributed by atoms with Crippen LogP contribution in [0.3, 0.4) is 0 Å². The zero-order valence-corrected chi connectivity index (χ0v) is 11.9. The van der Waals surface area contributed by atoms with Crippen molar-refractivity contribution in [3.8, 4) is 0 Å². The maximum atomic E-state index is 13.5. The predicted molar refractivity (Wildman–Crippen MR) is 73.4 cm³/mol. The predicted octanol–water partition coefficient (Wildman–Crippen LogP) is 3.73. The largest absolute Gasteiger partial charge is 0.274 e. The van der Waals surface area contributed by atoms with Gasteiger partial charge >= 0.3 is 0 Å². The second-order valence-corrected chi connectivity index (χ2v) is 6.20. The third-order valence-corrected chi connectivity index (χ3v) is 4.37. The number of rotatable bonds is 3. The third-order valence-electron chi connectivity index (χ3n) is 2.63. The molecular formula is C13H10ClF2NO2S. The van der Waals surface area contributed by atoms with Gasteiger partial charge in [-0.3, -0.25) is 4.72 Å². The Labute approximate surface area is 120 Å². The molecule has 2 aromatic carbocycles. The normalized spacial score (nSPS) is 11.4. The van der Waals surface area contributed by atoms with Crippen molar-refractivity contribution in [2.24, 2.45) is 0 Å². The average molecular weight is 318 g/mol. The Kier molecular flexibility index (Phi) is 3.96. The number of aryl methyl sites for hydroxylation is 1. The number of benzene rings is 2. The van der Waals surface area contributed by atoms with Crippen LogP contribution in [0.25, 0.3) is 0 Å². The van der Waals surface area contributed by atoms with Crippen molar-refractivity contribution >= 4 is 27.3 Å². The van der Waals surface area contributed by atoms with Gasteiger partial charge in [0, 0.05) is 5.02 Å². The first-order chi connectivity index (χ1) is 9.31. The molecule has 0 aliphatic rings. The number of halogens is 3. The summed E-state index contributed by atoms with van der Waals surface area (Å²) < 4.78 is 53.2. The zero-order chi connectivity index (χ0) is 14.9. The summed E-state index contributed by atoms with van der Waals surface area (Å²) >= 11 is 5.74. The minimum atomic E-state index is -4.09. The van der Waals surface area contributed by atoms with Crippen molar-refractivity contribution < 1.29 is 17.2 Å². The van der Waals surface area contributed by atoms with E-state index in [4.69, 9.17) is 11.6 Å². The van der Waals surface area contributed by atoms with Crippen molar-refractivity contribution in [2.45, 2.75) is 11.8 Å². The average Bonchev–Trinajstić information content (AvgIpc) is 2.33. The molecule has 0 unspecified atom stereocenters.